The molecule has 0 fully saturated rings. The molecule has 30 heavy (non-hydrogen) atoms. The second kappa shape index (κ2) is 10.2. The molecule has 2 aromatic carbocycles. The molecule has 2 rings (SSSR count). The highest BCUT2D eigenvalue weighted by Gasteiger charge is 2.26. The van der Waals surface area contributed by atoms with E-state index in [1.807, 2.05) is 19.1 Å². The summed E-state index contributed by atoms with van der Waals surface area (Å²) in [4.78, 5) is 24.5. The van der Waals surface area contributed by atoms with Crippen LogP contribution in [0, 0.1) is 0 Å². The molecular formula is C21H26N2O6S. The van der Waals surface area contributed by atoms with Crippen molar-refractivity contribution in [2.45, 2.75) is 44.2 Å². The Morgan fingerprint density at radius 2 is 1.60 bits per heavy atom. The fourth-order valence-corrected chi connectivity index (χ4v) is 3.69. The number of esters is 1. The van der Waals surface area contributed by atoms with Crippen LogP contribution in [0.15, 0.2) is 53.4 Å². The monoisotopic (exact) mass is 434 g/mol. The molecule has 8 nitrogen and oxygen atoms in total. The first-order chi connectivity index (χ1) is 14.2. The van der Waals surface area contributed by atoms with Gasteiger partial charge < -0.3 is 14.8 Å². The molecule has 0 aromatic heterocycles. The molecule has 9 heteroatoms. The Bertz CT molecular complexity index is 972. The number of hydrogen-bond donors (Lipinski definition) is 2. The molecule has 0 saturated carbocycles. The highest BCUT2D eigenvalue weighted by Crippen LogP contribution is 2.16. The van der Waals surface area contributed by atoms with Crippen LogP contribution in [0.5, 0.6) is 5.75 Å². The molecule has 0 bridgehead atoms. The Hall–Kier alpha value is -2.91. The smallest absolute Gasteiger partial charge is 0.324 e. The first-order valence-corrected chi connectivity index (χ1v) is 10.9. The Labute approximate surface area is 176 Å². The van der Waals surface area contributed by atoms with Crippen molar-refractivity contribution in [2.75, 3.05) is 12.4 Å². The van der Waals surface area contributed by atoms with E-state index in [-0.39, 0.29) is 4.90 Å². The third kappa shape index (κ3) is 6.30. The van der Waals surface area contributed by atoms with Crippen molar-refractivity contribution in [2.24, 2.45) is 0 Å². The first-order valence-electron chi connectivity index (χ1n) is 9.43. The highest BCUT2D eigenvalue weighted by molar-refractivity contribution is 7.89. The summed E-state index contributed by atoms with van der Waals surface area (Å²) in [6.45, 7) is 4.79. The number of benzene rings is 2. The molecule has 0 aliphatic heterocycles. The third-order valence-corrected chi connectivity index (χ3v) is 5.90. The lowest BCUT2D eigenvalue weighted by atomic mass is 10.1. The molecule has 2 atom stereocenters. The van der Waals surface area contributed by atoms with Crippen LogP contribution in [-0.2, 0) is 30.8 Å². The molecule has 2 N–H and O–H groups in total. The summed E-state index contributed by atoms with van der Waals surface area (Å²) in [7, 11) is -2.48. The zero-order chi connectivity index (χ0) is 22.3. The van der Waals surface area contributed by atoms with Gasteiger partial charge in [0, 0.05) is 5.69 Å². The molecule has 1 amide bonds. The standard InChI is InChI=1S/C21H26N2O6S/c1-5-16-6-8-17(9-7-16)22-20(24)15(3)29-21(25)14(2)23-30(26,27)19-12-10-18(28-4)11-13-19/h6-15,23H,5H2,1-4H3,(H,22,24)/t14-,15-/m0/s1. The average molecular weight is 435 g/mol. The Morgan fingerprint density at radius 1 is 1.00 bits per heavy atom. The molecule has 0 aliphatic rings. The molecule has 0 unspecified atom stereocenters. The number of ether oxygens (including phenoxy) is 2. The van der Waals surface area contributed by atoms with Gasteiger partial charge in [0.15, 0.2) is 6.10 Å². The number of anilines is 1. The zero-order valence-electron chi connectivity index (χ0n) is 17.3. The molecule has 0 saturated heterocycles. The average Bonchev–Trinajstić information content (AvgIpc) is 2.73. The predicted molar refractivity (Wildman–Crippen MR) is 113 cm³/mol. The van der Waals surface area contributed by atoms with E-state index in [9.17, 15) is 18.0 Å². The number of carbonyl (C=O) groups excluding carboxylic acids is 2. The predicted octanol–water partition coefficient (Wildman–Crippen LogP) is 2.49. The second-order valence-electron chi connectivity index (χ2n) is 6.64. The van der Waals surface area contributed by atoms with Crippen LogP contribution in [0.4, 0.5) is 5.69 Å². The topological polar surface area (TPSA) is 111 Å². The second-order valence-corrected chi connectivity index (χ2v) is 8.35. The van der Waals surface area contributed by atoms with Gasteiger partial charge in [-0.25, -0.2) is 8.42 Å². The van der Waals surface area contributed by atoms with Crippen molar-refractivity contribution in [3.05, 3.63) is 54.1 Å². The summed E-state index contributed by atoms with van der Waals surface area (Å²) in [6.07, 6.45) is -0.219. The lowest BCUT2D eigenvalue weighted by Crippen LogP contribution is -2.42. The maximum atomic E-state index is 12.4. The van der Waals surface area contributed by atoms with Gasteiger partial charge in [-0.3, -0.25) is 9.59 Å². The van der Waals surface area contributed by atoms with Crippen molar-refractivity contribution in [1.29, 1.82) is 0 Å². The Balaban J connectivity index is 1.93. The van der Waals surface area contributed by atoms with Crippen molar-refractivity contribution in [3.63, 3.8) is 0 Å². The Morgan fingerprint density at radius 3 is 2.13 bits per heavy atom. The number of hydrogen-bond acceptors (Lipinski definition) is 6. The van der Waals surface area contributed by atoms with Gasteiger partial charge in [0.1, 0.15) is 11.8 Å². The SMILES string of the molecule is CCc1ccc(NC(=O)[C@H](C)OC(=O)[C@H](C)NS(=O)(=O)c2ccc(OC)cc2)cc1. The van der Waals surface area contributed by atoms with E-state index < -0.39 is 34.0 Å². The van der Waals surface area contributed by atoms with Gasteiger partial charge >= 0.3 is 5.97 Å². The molecule has 162 valence electrons. The summed E-state index contributed by atoms with van der Waals surface area (Å²) in [5.74, 6) is -0.876. The minimum atomic E-state index is -3.95. The largest absolute Gasteiger partial charge is 0.497 e. The van der Waals surface area contributed by atoms with E-state index in [1.54, 1.807) is 12.1 Å². The molecule has 0 spiro atoms. The summed E-state index contributed by atoms with van der Waals surface area (Å²) in [6, 6.07) is 11.8. The number of methoxy groups -OCH3 is 1. The van der Waals surface area contributed by atoms with Gasteiger partial charge in [-0.2, -0.15) is 4.72 Å². The minimum absolute atomic E-state index is 0.0238. The number of amides is 1. The quantitative estimate of drug-likeness (QED) is 0.587. The van der Waals surface area contributed by atoms with Crippen LogP contribution in [0.25, 0.3) is 0 Å². The van der Waals surface area contributed by atoms with Gasteiger partial charge in [-0.05, 0) is 62.2 Å². The number of carbonyl (C=O) groups is 2. The Kier molecular flexibility index (Phi) is 7.96. The lowest BCUT2D eigenvalue weighted by molar-refractivity contribution is -0.154. The fourth-order valence-electron chi connectivity index (χ4n) is 2.50. The highest BCUT2D eigenvalue weighted by atomic mass is 32.2. The van der Waals surface area contributed by atoms with Crippen molar-refractivity contribution in [3.8, 4) is 5.75 Å². The third-order valence-electron chi connectivity index (χ3n) is 4.35. The molecule has 0 radical (unpaired) electrons. The van der Waals surface area contributed by atoms with Crippen LogP contribution in [-0.4, -0.2) is 39.5 Å². The van der Waals surface area contributed by atoms with Gasteiger partial charge in [0.05, 0.1) is 12.0 Å². The number of sulfonamides is 1. The van der Waals surface area contributed by atoms with E-state index in [4.69, 9.17) is 9.47 Å². The van der Waals surface area contributed by atoms with Crippen LogP contribution in [0.3, 0.4) is 0 Å². The van der Waals surface area contributed by atoms with E-state index in [1.165, 1.54) is 45.2 Å². The summed E-state index contributed by atoms with van der Waals surface area (Å²) < 4.78 is 37.2. The normalized spacial score (nSPS) is 13.2. The van der Waals surface area contributed by atoms with Gasteiger partial charge in [-0.1, -0.05) is 19.1 Å². The number of aryl methyl sites for hydroxylation is 1. The number of rotatable bonds is 9. The molecule has 0 heterocycles. The van der Waals surface area contributed by atoms with E-state index in [2.05, 4.69) is 10.0 Å². The summed E-state index contributed by atoms with van der Waals surface area (Å²) in [5, 5.41) is 2.66. The van der Waals surface area contributed by atoms with E-state index >= 15 is 0 Å². The minimum Gasteiger partial charge on any atom is -0.497 e. The zero-order valence-corrected chi connectivity index (χ0v) is 18.2. The molecule has 0 aliphatic carbocycles. The summed E-state index contributed by atoms with van der Waals surface area (Å²) >= 11 is 0. The van der Waals surface area contributed by atoms with E-state index in [0.29, 0.717) is 11.4 Å². The van der Waals surface area contributed by atoms with Crippen LogP contribution >= 0.6 is 0 Å². The summed E-state index contributed by atoms with van der Waals surface area (Å²) in [5.41, 5.74) is 1.71. The molecule has 2 aromatic rings. The van der Waals surface area contributed by atoms with E-state index in [0.717, 1.165) is 12.0 Å². The van der Waals surface area contributed by atoms with Crippen molar-refractivity contribution >= 4 is 27.6 Å². The van der Waals surface area contributed by atoms with Crippen LogP contribution < -0.4 is 14.8 Å². The van der Waals surface area contributed by atoms with Gasteiger partial charge in [-0.15, -0.1) is 0 Å². The maximum Gasteiger partial charge on any atom is 0.324 e. The van der Waals surface area contributed by atoms with Gasteiger partial charge in [0.25, 0.3) is 5.91 Å². The van der Waals surface area contributed by atoms with Gasteiger partial charge in [0.2, 0.25) is 10.0 Å². The maximum absolute atomic E-state index is 12.4. The van der Waals surface area contributed by atoms with Crippen LogP contribution in [0.2, 0.25) is 0 Å². The van der Waals surface area contributed by atoms with Crippen LogP contribution in [0.1, 0.15) is 26.3 Å². The lowest BCUT2D eigenvalue weighted by Gasteiger charge is -2.18. The molecular weight excluding hydrogens is 408 g/mol. The fraction of sp³-hybridized carbons (Fsp3) is 0.333. The van der Waals surface area contributed by atoms with Crippen molar-refractivity contribution in [1.82, 2.24) is 4.72 Å². The first kappa shape index (κ1) is 23.4. The van der Waals surface area contributed by atoms with Crippen molar-refractivity contribution < 1.29 is 27.5 Å². The number of nitrogens with one attached hydrogen (secondary N) is 2.